The van der Waals surface area contributed by atoms with Crippen LogP contribution in [0.1, 0.15) is 40.3 Å². The summed E-state index contributed by atoms with van der Waals surface area (Å²) in [6, 6.07) is 16.3. The zero-order chi connectivity index (χ0) is 24.9. The number of nitrogens with zero attached hydrogens (tertiary/aromatic N) is 1. The van der Waals surface area contributed by atoms with Gasteiger partial charge in [0.25, 0.3) is 5.92 Å². The molecule has 0 amide bonds. The van der Waals surface area contributed by atoms with Crippen molar-refractivity contribution in [3.63, 3.8) is 0 Å². The lowest BCUT2D eigenvalue weighted by atomic mass is 9.95. The average Bonchev–Trinajstić information content (AvgIpc) is 2.77. The molecule has 3 aromatic rings. The molecule has 0 radical (unpaired) electrons. The summed E-state index contributed by atoms with van der Waals surface area (Å²) in [6.07, 6.45) is -0.0851. The highest BCUT2D eigenvalue weighted by Crippen LogP contribution is 2.38. The van der Waals surface area contributed by atoms with E-state index in [2.05, 4.69) is 0 Å². The van der Waals surface area contributed by atoms with Crippen LogP contribution in [0.2, 0.25) is 0 Å². The van der Waals surface area contributed by atoms with Gasteiger partial charge < -0.3 is 9.84 Å². The van der Waals surface area contributed by atoms with Crippen molar-refractivity contribution < 1.29 is 27.8 Å². The van der Waals surface area contributed by atoms with E-state index in [4.69, 9.17) is 9.84 Å². The quantitative estimate of drug-likeness (QED) is 0.388. The van der Waals surface area contributed by atoms with Crippen LogP contribution < -0.4 is 4.74 Å². The van der Waals surface area contributed by atoms with E-state index in [1.165, 1.54) is 42.5 Å². The van der Waals surface area contributed by atoms with Crippen LogP contribution in [-0.4, -0.2) is 36.1 Å². The third kappa shape index (κ3) is 6.38. The molecular formula is C27H28F3NO3. The van der Waals surface area contributed by atoms with Gasteiger partial charge in [-0.25, -0.2) is 4.39 Å². The number of likely N-dealkylation sites (N-methyl/N-ethyl adjacent to an activating group) is 1. The van der Waals surface area contributed by atoms with Gasteiger partial charge in [0.05, 0.1) is 6.54 Å². The molecule has 0 fully saturated rings. The Hall–Kier alpha value is -3.32. The summed E-state index contributed by atoms with van der Waals surface area (Å²) in [6.45, 7) is 3.82. The Morgan fingerprint density at radius 1 is 1.03 bits per heavy atom. The lowest BCUT2D eigenvalue weighted by molar-refractivity contribution is -0.138. The van der Waals surface area contributed by atoms with Crippen LogP contribution in [0.25, 0.3) is 0 Å². The predicted molar refractivity (Wildman–Crippen MR) is 125 cm³/mol. The third-order valence-corrected chi connectivity index (χ3v) is 5.64. The van der Waals surface area contributed by atoms with E-state index in [0.29, 0.717) is 29.8 Å². The topological polar surface area (TPSA) is 49.8 Å². The van der Waals surface area contributed by atoms with Gasteiger partial charge in [-0.05, 0) is 68.4 Å². The maximum atomic E-state index is 15.2. The smallest absolute Gasteiger partial charge is 0.317 e. The molecule has 7 heteroatoms. The van der Waals surface area contributed by atoms with E-state index >= 15 is 8.78 Å². The number of aryl methyl sites for hydroxylation is 2. The Morgan fingerprint density at radius 2 is 1.68 bits per heavy atom. The number of carbonyl (C=O) groups is 1. The molecule has 180 valence electrons. The number of hydrogen-bond acceptors (Lipinski definition) is 3. The molecular weight excluding hydrogens is 443 g/mol. The first-order valence-corrected chi connectivity index (χ1v) is 10.9. The van der Waals surface area contributed by atoms with E-state index in [-0.39, 0.29) is 23.5 Å². The number of rotatable bonds is 10. The molecule has 0 aliphatic carbocycles. The van der Waals surface area contributed by atoms with Crippen molar-refractivity contribution in [1.82, 2.24) is 4.90 Å². The second-order valence-electron chi connectivity index (χ2n) is 8.50. The number of hydrogen-bond donors (Lipinski definition) is 1. The van der Waals surface area contributed by atoms with E-state index < -0.39 is 18.0 Å². The highest BCUT2D eigenvalue weighted by atomic mass is 19.3. The van der Waals surface area contributed by atoms with Crippen molar-refractivity contribution >= 4 is 5.97 Å². The zero-order valence-electron chi connectivity index (χ0n) is 19.4. The minimum Gasteiger partial charge on any atom is -0.486 e. The lowest BCUT2D eigenvalue weighted by Crippen LogP contribution is -2.28. The fraction of sp³-hybridized carbons (Fsp3) is 0.296. The van der Waals surface area contributed by atoms with Crippen molar-refractivity contribution in [2.24, 2.45) is 0 Å². The maximum absolute atomic E-state index is 15.2. The molecule has 0 saturated heterocycles. The summed E-state index contributed by atoms with van der Waals surface area (Å²) in [5.41, 5.74) is 1.95. The number of ether oxygens (including phenoxy) is 1. The van der Waals surface area contributed by atoms with Crippen LogP contribution in [0.3, 0.4) is 0 Å². The first kappa shape index (κ1) is 25.3. The van der Waals surface area contributed by atoms with Crippen LogP contribution in [0.15, 0.2) is 66.7 Å². The summed E-state index contributed by atoms with van der Waals surface area (Å²) in [5, 5.41) is 8.96. The fourth-order valence-corrected chi connectivity index (χ4v) is 3.85. The van der Waals surface area contributed by atoms with Gasteiger partial charge in [-0.3, -0.25) is 9.69 Å². The molecule has 1 N–H and O–H groups in total. The minimum atomic E-state index is -3.16. The summed E-state index contributed by atoms with van der Waals surface area (Å²) in [4.78, 5) is 12.6. The molecule has 0 spiro atoms. The highest BCUT2D eigenvalue weighted by molar-refractivity contribution is 5.69. The van der Waals surface area contributed by atoms with E-state index in [9.17, 15) is 9.18 Å². The van der Waals surface area contributed by atoms with Crippen LogP contribution in [-0.2, 0) is 10.7 Å². The minimum absolute atomic E-state index is 0.0441. The molecule has 1 unspecified atom stereocenters. The van der Waals surface area contributed by atoms with Crippen molar-refractivity contribution in [3.8, 4) is 5.75 Å². The molecule has 0 aliphatic rings. The molecule has 0 heterocycles. The number of carboxylic acid groups (broad SMARTS) is 1. The molecule has 0 aliphatic heterocycles. The van der Waals surface area contributed by atoms with Crippen molar-refractivity contribution in [2.45, 2.75) is 32.3 Å². The van der Waals surface area contributed by atoms with Gasteiger partial charge in [0, 0.05) is 24.1 Å². The zero-order valence-corrected chi connectivity index (χ0v) is 19.4. The van der Waals surface area contributed by atoms with Crippen LogP contribution in [0.4, 0.5) is 13.2 Å². The van der Waals surface area contributed by atoms with Gasteiger partial charge in [0.2, 0.25) is 0 Å². The molecule has 1 atom stereocenters. The molecule has 3 aromatic carbocycles. The van der Waals surface area contributed by atoms with Gasteiger partial charge in [-0.1, -0.05) is 35.9 Å². The second-order valence-corrected chi connectivity index (χ2v) is 8.50. The Labute approximate surface area is 197 Å². The number of halogens is 3. The molecule has 34 heavy (non-hydrogen) atoms. The highest BCUT2D eigenvalue weighted by Gasteiger charge is 2.35. The average molecular weight is 472 g/mol. The Morgan fingerprint density at radius 3 is 2.26 bits per heavy atom. The Balaban J connectivity index is 1.79. The molecule has 0 saturated carbocycles. The summed E-state index contributed by atoms with van der Waals surface area (Å²) >= 11 is 0. The van der Waals surface area contributed by atoms with Gasteiger partial charge in [0.15, 0.2) is 0 Å². The van der Waals surface area contributed by atoms with Gasteiger partial charge >= 0.3 is 5.97 Å². The van der Waals surface area contributed by atoms with Gasteiger partial charge in [-0.15, -0.1) is 0 Å². The molecule has 4 nitrogen and oxygen atoms in total. The lowest BCUT2D eigenvalue weighted by Gasteiger charge is -2.23. The monoisotopic (exact) mass is 471 g/mol. The number of carboxylic acids is 1. The second kappa shape index (κ2) is 10.7. The van der Waals surface area contributed by atoms with Gasteiger partial charge in [-0.2, -0.15) is 8.78 Å². The first-order valence-electron chi connectivity index (χ1n) is 10.9. The first-order chi connectivity index (χ1) is 16.1. The Bertz CT molecular complexity index is 1110. The standard InChI is InChI=1S/C27H28F3NO3/c1-18-4-13-24(19(2)16-18)27(29,30)21-7-11-23(12-8-21)34-25(14-15-31(3)17-26(32)33)20-5-9-22(28)10-6-20/h4-13,16,25H,14-15,17H2,1-3H3,(H,32,33). The molecule has 0 aromatic heterocycles. The van der Waals surface area contributed by atoms with Crippen LogP contribution >= 0.6 is 0 Å². The third-order valence-electron chi connectivity index (χ3n) is 5.64. The molecule has 3 rings (SSSR count). The van der Waals surface area contributed by atoms with E-state index in [1.54, 1.807) is 43.1 Å². The van der Waals surface area contributed by atoms with Crippen molar-refractivity contribution in [1.29, 1.82) is 0 Å². The van der Waals surface area contributed by atoms with Crippen molar-refractivity contribution in [3.05, 3.63) is 100 Å². The predicted octanol–water partition coefficient (Wildman–Crippen LogP) is 6.11. The van der Waals surface area contributed by atoms with E-state index in [1.807, 2.05) is 6.92 Å². The summed E-state index contributed by atoms with van der Waals surface area (Å²) in [7, 11) is 1.68. The number of alkyl halides is 2. The Kier molecular flexibility index (Phi) is 7.99. The van der Waals surface area contributed by atoms with Crippen LogP contribution in [0, 0.1) is 19.7 Å². The van der Waals surface area contributed by atoms with Crippen LogP contribution in [0.5, 0.6) is 5.75 Å². The summed E-state index contributed by atoms with van der Waals surface area (Å²) < 4.78 is 49.8. The number of aliphatic carboxylic acids is 1. The maximum Gasteiger partial charge on any atom is 0.317 e. The fourth-order valence-electron chi connectivity index (χ4n) is 3.85. The SMILES string of the molecule is Cc1ccc(C(F)(F)c2ccc(OC(CCN(C)CC(=O)O)c3ccc(F)cc3)cc2)c(C)c1. The van der Waals surface area contributed by atoms with E-state index in [0.717, 1.165) is 5.56 Å². The van der Waals surface area contributed by atoms with Gasteiger partial charge in [0.1, 0.15) is 17.7 Å². The normalized spacial score (nSPS) is 12.6. The largest absolute Gasteiger partial charge is 0.486 e. The van der Waals surface area contributed by atoms with Crippen molar-refractivity contribution in [2.75, 3.05) is 20.1 Å². The molecule has 0 bridgehead atoms. The summed E-state index contributed by atoms with van der Waals surface area (Å²) in [5.74, 6) is -4.10. The number of benzene rings is 3.